The van der Waals surface area contributed by atoms with Gasteiger partial charge in [0.25, 0.3) is 0 Å². The number of hydrogen-bond acceptors (Lipinski definition) is 1. The van der Waals surface area contributed by atoms with Crippen LogP contribution in [0.25, 0.3) is 0 Å². The largest absolute Gasteiger partial charge is 0.359 e. The molecule has 0 atom stereocenters. The second-order valence-electron chi connectivity index (χ2n) is 6.82. The zero-order valence-electron chi connectivity index (χ0n) is 15.1. The summed E-state index contributed by atoms with van der Waals surface area (Å²) < 4.78 is 0. The van der Waals surface area contributed by atoms with Crippen molar-refractivity contribution in [2.45, 2.75) is 52.9 Å². The molecule has 0 spiro atoms. The lowest BCUT2D eigenvalue weighted by molar-refractivity contribution is 0.837. The smallest absolute Gasteiger partial charge is 0.0452 e. The number of anilines is 1. The first-order valence-corrected chi connectivity index (χ1v) is 8.59. The molecule has 0 saturated heterocycles. The molecule has 0 unspecified atom stereocenters. The summed E-state index contributed by atoms with van der Waals surface area (Å²) in [6.07, 6.45) is 3.23. The van der Waals surface area contributed by atoms with Crippen LogP contribution in [0.2, 0.25) is 0 Å². The highest BCUT2D eigenvalue weighted by Crippen LogP contribution is 2.33. The third-order valence-corrected chi connectivity index (χ3v) is 4.18. The van der Waals surface area contributed by atoms with Gasteiger partial charge in [-0.2, -0.15) is 0 Å². The molecule has 1 nitrogen and oxygen atoms in total. The van der Waals surface area contributed by atoms with Crippen LogP contribution in [0.5, 0.6) is 0 Å². The maximum Gasteiger partial charge on any atom is 0.0452 e. The number of hydrogen-bond donors (Lipinski definition) is 1. The molecule has 0 bridgehead atoms. The number of nitrogens with one attached hydrogen (secondary N) is 1. The molecule has 0 aliphatic rings. The third kappa shape index (κ3) is 4.72. The van der Waals surface area contributed by atoms with Crippen molar-refractivity contribution in [2.24, 2.45) is 0 Å². The van der Waals surface area contributed by atoms with E-state index in [2.05, 4.69) is 94.5 Å². The van der Waals surface area contributed by atoms with Gasteiger partial charge in [0.2, 0.25) is 0 Å². The topological polar surface area (TPSA) is 12.0 Å². The monoisotopic (exact) mass is 307 g/mol. The van der Waals surface area contributed by atoms with E-state index < -0.39 is 0 Å². The molecule has 0 saturated carbocycles. The molecule has 0 aliphatic carbocycles. The van der Waals surface area contributed by atoms with Gasteiger partial charge in [0.15, 0.2) is 0 Å². The highest BCUT2D eigenvalue weighted by molar-refractivity contribution is 5.62. The van der Waals surface area contributed by atoms with Gasteiger partial charge in [-0.3, -0.25) is 0 Å². The maximum absolute atomic E-state index is 3.67. The van der Waals surface area contributed by atoms with E-state index in [1.807, 2.05) is 0 Å². The predicted octanol–water partition coefficient (Wildman–Crippen LogP) is 6.49. The lowest BCUT2D eigenvalue weighted by Gasteiger charge is -2.21. The Morgan fingerprint density at radius 2 is 1.43 bits per heavy atom. The summed E-state index contributed by atoms with van der Waals surface area (Å²) >= 11 is 0. The molecule has 1 N–H and O–H groups in total. The van der Waals surface area contributed by atoms with Gasteiger partial charge in [0.05, 0.1) is 0 Å². The van der Waals surface area contributed by atoms with Gasteiger partial charge in [-0.25, -0.2) is 0 Å². The normalized spacial score (nSPS) is 12.0. The van der Waals surface area contributed by atoms with E-state index in [0.29, 0.717) is 11.8 Å². The fraction of sp³-hybridized carbons (Fsp3) is 0.364. The van der Waals surface area contributed by atoms with Crippen LogP contribution in [0, 0.1) is 0 Å². The van der Waals surface area contributed by atoms with Crippen LogP contribution in [0.3, 0.4) is 0 Å². The average Bonchev–Trinajstić information content (AvgIpc) is 2.53. The van der Waals surface area contributed by atoms with Crippen LogP contribution in [0.4, 0.5) is 5.69 Å². The van der Waals surface area contributed by atoms with Crippen LogP contribution in [0.1, 0.15) is 63.1 Å². The zero-order valence-corrected chi connectivity index (χ0v) is 15.1. The molecular formula is C22H29N. The Labute approximate surface area is 141 Å². The average molecular weight is 307 g/mol. The molecule has 0 amide bonds. The van der Waals surface area contributed by atoms with E-state index in [-0.39, 0.29) is 0 Å². The highest BCUT2D eigenvalue weighted by Gasteiger charge is 2.13. The minimum Gasteiger partial charge on any atom is -0.359 e. The van der Waals surface area contributed by atoms with Crippen LogP contribution in [-0.4, -0.2) is 0 Å². The zero-order chi connectivity index (χ0) is 16.8. The van der Waals surface area contributed by atoms with E-state index in [9.17, 15) is 0 Å². The van der Waals surface area contributed by atoms with Gasteiger partial charge in [0, 0.05) is 11.4 Å². The van der Waals surface area contributed by atoms with Crippen molar-refractivity contribution < 1.29 is 0 Å². The lowest BCUT2D eigenvalue weighted by atomic mass is 9.92. The molecule has 122 valence electrons. The summed E-state index contributed by atoms with van der Waals surface area (Å²) in [5.41, 5.74) is 6.63. The molecule has 0 fully saturated rings. The fourth-order valence-electron chi connectivity index (χ4n) is 2.83. The minimum atomic E-state index is 0.512. The standard InChI is InChI=1S/C22H29N/c1-16(2)20-12-9-13-21(17(3)4)22(20)23-18(5)14-15-19-10-7-6-8-11-19/h6-14,16-17,23H,15H2,1-5H3. The fourth-order valence-corrected chi connectivity index (χ4v) is 2.83. The van der Waals surface area contributed by atoms with E-state index in [4.69, 9.17) is 0 Å². The summed E-state index contributed by atoms with van der Waals surface area (Å²) in [6.45, 7) is 11.2. The van der Waals surface area contributed by atoms with E-state index in [1.165, 1.54) is 28.1 Å². The van der Waals surface area contributed by atoms with E-state index in [1.54, 1.807) is 0 Å². The first-order chi connectivity index (χ1) is 11.0. The van der Waals surface area contributed by atoms with Gasteiger partial charge in [-0.15, -0.1) is 0 Å². The first kappa shape index (κ1) is 17.3. The Bertz CT molecular complexity index is 625. The molecule has 0 aliphatic heterocycles. The number of benzene rings is 2. The van der Waals surface area contributed by atoms with Crippen LogP contribution >= 0.6 is 0 Å². The summed E-state index contributed by atoms with van der Waals surface area (Å²) in [7, 11) is 0. The first-order valence-electron chi connectivity index (χ1n) is 8.59. The Kier molecular flexibility index (Phi) is 6.04. The molecule has 0 aromatic heterocycles. The minimum absolute atomic E-state index is 0.512. The molecule has 23 heavy (non-hydrogen) atoms. The quantitative estimate of drug-likeness (QED) is 0.643. The molecule has 2 rings (SSSR count). The summed E-state index contributed by atoms with van der Waals surface area (Å²) in [4.78, 5) is 0. The molecule has 0 radical (unpaired) electrons. The van der Waals surface area contributed by atoms with E-state index >= 15 is 0 Å². The maximum atomic E-state index is 3.67. The Morgan fingerprint density at radius 3 is 1.96 bits per heavy atom. The molecular weight excluding hydrogens is 278 g/mol. The molecule has 0 heterocycles. The Hall–Kier alpha value is -2.02. The van der Waals surface area contributed by atoms with E-state index in [0.717, 1.165) is 6.42 Å². The van der Waals surface area contributed by atoms with Gasteiger partial charge >= 0.3 is 0 Å². The number of rotatable bonds is 6. The van der Waals surface area contributed by atoms with Gasteiger partial charge < -0.3 is 5.32 Å². The third-order valence-electron chi connectivity index (χ3n) is 4.18. The molecule has 2 aromatic carbocycles. The van der Waals surface area contributed by atoms with Gasteiger partial charge in [-0.1, -0.05) is 82.3 Å². The Morgan fingerprint density at radius 1 is 0.870 bits per heavy atom. The highest BCUT2D eigenvalue weighted by atomic mass is 14.9. The van der Waals surface area contributed by atoms with Crippen molar-refractivity contribution in [3.63, 3.8) is 0 Å². The molecule has 1 heteroatoms. The summed E-state index contributed by atoms with van der Waals surface area (Å²) in [6, 6.07) is 17.3. The van der Waals surface area contributed by atoms with Crippen molar-refractivity contribution in [3.8, 4) is 0 Å². The van der Waals surface area contributed by atoms with Crippen molar-refractivity contribution in [1.29, 1.82) is 0 Å². The Balaban J connectivity index is 2.24. The van der Waals surface area contributed by atoms with Crippen LogP contribution in [0.15, 0.2) is 60.3 Å². The number of para-hydroxylation sites is 1. The van der Waals surface area contributed by atoms with Crippen molar-refractivity contribution in [2.75, 3.05) is 5.32 Å². The van der Waals surface area contributed by atoms with Crippen molar-refractivity contribution in [3.05, 3.63) is 77.0 Å². The second kappa shape index (κ2) is 8.01. The van der Waals surface area contributed by atoms with Crippen LogP contribution in [-0.2, 0) is 6.42 Å². The van der Waals surface area contributed by atoms with Crippen LogP contribution < -0.4 is 5.32 Å². The van der Waals surface area contributed by atoms with Crippen molar-refractivity contribution >= 4 is 5.69 Å². The number of allylic oxidation sites excluding steroid dienone is 2. The van der Waals surface area contributed by atoms with Gasteiger partial charge in [0.1, 0.15) is 0 Å². The van der Waals surface area contributed by atoms with Gasteiger partial charge in [-0.05, 0) is 41.9 Å². The van der Waals surface area contributed by atoms with Crippen molar-refractivity contribution in [1.82, 2.24) is 0 Å². The lowest BCUT2D eigenvalue weighted by Crippen LogP contribution is -2.06. The SMILES string of the molecule is CC(=CCc1ccccc1)Nc1c(C(C)C)cccc1C(C)C. The summed E-state index contributed by atoms with van der Waals surface area (Å²) in [5, 5.41) is 3.67. The predicted molar refractivity (Wildman–Crippen MR) is 102 cm³/mol. The molecule has 2 aromatic rings. The second-order valence-corrected chi connectivity index (χ2v) is 6.82. The summed E-state index contributed by atoms with van der Waals surface area (Å²) in [5.74, 6) is 1.02.